The van der Waals surface area contributed by atoms with E-state index in [1.807, 2.05) is 66.7 Å². The van der Waals surface area contributed by atoms with Gasteiger partial charge in [0.05, 0.1) is 19.8 Å². The van der Waals surface area contributed by atoms with Crippen molar-refractivity contribution in [1.29, 1.82) is 0 Å². The van der Waals surface area contributed by atoms with E-state index < -0.39 is 0 Å². The normalized spacial score (nSPS) is 13.5. The summed E-state index contributed by atoms with van der Waals surface area (Å²) in [6, 6.07) is 28.4. The fraction of sp³-hybridized carbons (Fsp3) is 0.333. The van der Waals surface area contributed by atoms with Crippen LogP contribution < -0.4 is 27.4 Å². The van der Waals surface area contributed by atoms with Gasteiger partial charge < -0.3 is 42.7 Å². The van der Waals surface area contributed by atoms with Gasteiger partial charge in [-0.2, -0.15) is 0 Å². The van der Waals surface area contributed by atoms with Gasteiger partial charge in [-0.3, -0.25) is 0 Å². The zero-order chi connectivity index (χ0) is 44.4. The Morgan fingerprint density at radius 2 is 0.935 bits per heavy atom. The van der Waals surface area contributed by atoms with E-state index in [9.17, 15) is 5.11 Å². The molecule has 0 amide bonds. The number of nitrogens with one attached hydrogen (secondary N) is 3. The van der Waals surface area contributed by atoms with Gasteiger partial charge in [-0.05, 0) is 78.8 Å². The van der Waals surface area contributed by atoms with Crippen LogP contribution in [0.4, 0.5) is 34.5 Å². The number of aliphatic hydroxyl groups excluding tert-OH is 3. The lowest BCUT2D eigenvalue weighted by Gasteiger charge is -2.23. The Morgan fingerprint density at radius 3 is 1.37 bits per heavy atom. The van der Waals surface area contributed by atoms with E-state index in [-0.39, 0.29) is 19.8 Å². The molecule has 0 aliphatic heterocycles. The van der Waals surface area contributed by atoms with Crippen molar-refractivity contribution in [3.8, 4) is 0 Å². The molecule has 8 rings (SSSR count). The Kier molecular flexibility index (Phi) is 22.7. The van der Waals surface area contributed by atoms with Gasteiger partial charge in [-0.1, -0.05) is 110 Å². The molecule has 0 radical (unpaired) electrons. The van der Waals surface area contributed by atoms with E-state index in [1.54, 1.807) is 24.5 Å². The summed E-state index contributed by atoms with van der Waals surface area (Å²) >= 11 is 16.6. The molecule has 0 atom stereocenters. The van der Waals surface area contributed by atoms with Crippen LogP contribution in [0.25, 0.3) is 0 Å². The van der Waals surface area contributed by atoms with Crippen molar-refractivity contribution in [3.63, 3.8) is 0 Å². The van der Waals surface area contributed by atoms with Crippen LogP contribution in [-0.2, 0) is 19.8 Å². The third-order valence-electron chi connectivity index (χ3n) is 9.41. The molecule has 6 aromatic rings. The van der Waals surface area contributed by atoms with Gasteiger partial charge in [0.25, 0.3) is 0 Å². The smallest absolute Gasteiger partial charge is 0.135 e. The summed E-state index contributed by atoms with van der Waals surface area (Å²) in [4.78, 5) is 23.6. The number of aliphatic hydroxyl groups is 3. The van der Waals surface area contributed by atoms with Gasteiger partial charge in [0, 0.05) is 47.3 Å². The zero-order valence-corrected chi connectivity index (χ0v) is 36.8. The minimum absolute atomic E-state index is 0.0139. The highest BCUT2D eigenvalue weighted by Crippen LogP contribution is 2.23. The molecular formula is C45H56Cl3N11O3. The predicted molar refractivity (Wildman–Crippen MR) is 251 cm³/mol. The van der Waals surface area contributed by atoms with Crippen LogP contribution in [0.5, 0.6) is 0 Å². The fourth-order valence-electron chi connectivity index (χ4n) is 6.29. The Labute approximate surface area is 378 Å². The fourth-order valence-corrected chi connectivity index (χ4v) is 6.79. The first-order valence-electron chi connectivity index (χ1n) is 20.5. The monoisotopic (exact) mass is 903 g/mol. The summed E-state index contributed by atoms with van der Waals surface area (Å²) in [5.41, 5.74) is 16.1. The number of rotatable bonds is 9. The SMILES string of the molecule is Clc1cc(Cl)ncn1.NC1CCCCC1.Nc1cccc(CO)c1.OCc1cccc(Nc2cc(Cl)ncn2)c1.OCc1cccc(Nc2cc(NC3CCCCC3)ncn2)c1. The van der Waals surface area contributed by atoms with Gasteiger partial charge in [0.15, 0.2) is 0 Å². The number of nitrogen functional groups attached to an aromatic ring is 1. The molecule has 330 valence electrons. The number of anilines is 6. The minimum Gasteiger partial charge on any atom is -0.399 e. The van der Waals surface area contributed by atoms with E-state index in [0.29, 0.717) is 39.0 Å². The third kappa shape index (κ3) is 20.1. The lowest BCUT2D eigenvalue weighted by Crippen LogP contribution is -2.22. The summed E-state index contributed by atoms with van der Waals surface area (Å²) in [5.74, 6) is 2.24. The van der Waals surface area contributed by atoms with Gasteiger partial charge in [0.2, 0.25) is 0 Å². The summed E-state index contributed by atoms with van der Waals surface area (Å²) < 4.78 is 0. The van der Waals surface area contributed by atoms with Crippen molar-refractivity contribution in [2.75, 3.05) is 21.7 Å². The van der Waals surface area contributed by atoms with E-state index in [1.165, 1.54) is 82.9 Å². The highest BCUT2D eigenvalue weighted by Gasteiger charge is 2.14. The number of nitrogens with two attached hydrogens (primary N) is 2. The first kappa shape index (κ1) is 49.5. The largest absolute Gasteiger partial charge is 0.399 e. The molecule has 0 unspecified atom stereocenters. The number of hydrogen-bond acceptors (Lipinski definition) is 14. The van der Waals surface area contributed by atoms with Crippen LogP contribution in [0.3, 0.4) is 0 Å². The van der Waals surface area contributed by atoms with Crippen LogP contribution in [0.15, 0.2) is 110 Å². The molecule has 10 N–H and O–H groups in total. The second-order valence-corrected chi connectivity index (χ2v) is 15.6. The standard InChI is InChI=1S/C17H22N4O.C11H10ClN3O.C7H9NO.C6H13N.C4H2Cl2N2/c22-11-13-5-4-8-15(9-13)21-17-10-16(18-12-19-17)20-14-6-2-1-3-7-14;12-10-5-11(14-7-13-10)15-9-3-1-2-8(4-9)6-16;8-7-3-1-2-6(4-7)5-9;7-6-4-2-1-3-5-6;5-3-1-4(6)8-2-7-3/h4-5,8-10,12,14,22H,1-3,6-7,11H2,(H2,18,19,20,21);1-5,7,16H,6H2,(H,13,14,15);1-4,9H,5,8H2;6H,1-5,7H2;1-2H. The van der Waals surface area contributed by atoms with Crippen molar-refractivity contribution in [2.24, 2.45) is 5.73 Å². The number of nitrogens with zero attached hydrogens (tertiary/aromatic N) is 6. The molecule has 0 saturated heterocycles. The lowest BCUT2D eigenvalue weighted by atomic mass is 9.95. The van der Waals surface area contributed by atoms with Gasteiger partial charge >= 0.3 is 0 Å². The van der Waals surface area contributed by atoms with Crippen molar-refractivity contribution in [2.45, 2.75) is 96.1 Å². The Balaban J connectivity index is 0.000000184. The average Bonchev–Trinajstić information content (AvgIpc) is 3.28. The van der Waals surface area contributed by atoms with Crippen molar-refractivity contribution in [3.05, 3.63) is 142 Å². The van der Waals surface area contributed by atoms with Gasteiger partial charge in [-0.25, -0.2) is 29.9 Å². The minimum atomic E-state index is 0.0139. The topological polar surface area (TPSA) is 226 Å². The van der Waals surface area contributed by atoms with Crippen LogP contribution >= 0.6 is 34.8 Å². The molecule has 3 aromatic heterocycles. The average molecular weight is 905 g/mol. The number of aromatic nitrogens is 6. The molecule has 17 heteroatoms. The van der Waals surface area contributed by atoms with Crippen molar-refractivity contribution < 1.29 is 15.3 Å². The number of hydrogen-bond donors (Lipinski definition) is 8. The van der Waals surface area contributed by atoms with Crippen LogP contribution in [0.1, 0.15) is 80.9 Å². The van der Waals surface area contributed by atoms with Crippen molar-refractivity contribution >= 4 is 69.3 Å². The predicted octanol–water partition coefficient (Wildman–Crippen LogP) is 9.65. The highest BCUT2D eigenvalue weighted by atomic mass is 35.5. The maximum absolute atomic E-state index is 9.19. The summed E-state index contributed by atoms with van der Waals surface area (Å²) in [7, 11) is 0. The second kappa shape index (κ2) is 28.4. The molecule has 0 spiro atoms. The summed E-state index contributed by atoms with van der Waals surface area (Å²) in [6.07, 6.45) is 17.3. The van der Waals surface area contributed by atoms with E-state index in [2.05, 4.69) is 45.9 Å². The quantitative estimate of drug-likeness (QED) is 0.0500. The molecule has 3 aromatic carbocycles. The lowest BCUT2D eigenvalue weighted by molar-refractivity contribution is 0.281. The van der Waals surface area contributed by atoms with E-state index in [4.69, 9.17) is 56.5 Å². The van der Waals surface area contributed by atoms with Crippen LogP contribution in [-0.4, -0.2) is 57.3 Å². The molecule has 3 heterocycles. The Morgan fingerprint density at radius 1 is 0.500 bits per heavy atom. The Bertz CT molecular complexity index is 2160. The Hall–Kier alpha value is -5.19. The molecule has 14 nitrogen and oxygen atoms in total. The van der Waals surface area contributed by atoms with E-state index in [0.717, 1.165) is 39.7 Å². The maximum atomic E-state index is 9.19. The first-order valence-corrected chi connectivity index (χ1v) is 21.6. The van der Waals surface area contributed by atoms with Gasteiger partial charge in [-0.15, -0.1) is 0 Å². The summed E-state index contributed by atoms with van der Waals surface area (Å²) in [6.45, 7) is 0.110. The molecule has 62 heavy (non-hydrogen) atoms. The summed E-state index contributed by atoms with van der Waals surface area (Å²) in [5, 5.41) is 37.7. The molecule has 2 saturated carbocycles. The second-order valence-electron chi connectivity index (χ2n) is 14.4. The maximum Gasteiger partial charge on any atom is 0.135 e. The number of halogens is 3. The molecule has 0 bridgehead atoms. The highest BCUT2D eigenvalue weighted by molar-refractivity contribution is 6.33. The van der Waals surface area contributed by atoms with Crippen LogP contribution in [0.2, 0.25) is 15.5 Å². The molecule has 2 aliphatic carbocycles. The van der Waals surface area contributed by atoms with Crippen LogP contribution in [0, 0.1) is 0 Å². The first-order chi connectivity index (χ1) is 30.1. The van der Waals surface area contributed by atoms with E-state index >= 15 is 0 Å². The molecular weight excluding hydrogens is 849 g/mol. The van der Waals surface area contributed by atoms with Gasteiger partial charge in [0.1, 0.15) is 51.9 Å². The number of benzene rings is 3. The molecule has 2 aliphatic rings. The molecule has 2 fully saturated rings. The zero-order valence-electron chi connectivity index (χ0n) is 34.6. The third-order valence-corrected chi connectivity index (χ3v) is 10.0. The van der Waals surface area contributed by atoms with Crippen molar-refractivity contribution in [1.82, 2.24) is 29.9 Å².